The van der Waals surface area contributed by atoms with Crippen LogP contribution < -0.4 is 5.32 Å². The summed E-state index contributed by atoms with van der Waals surface area (Å²) in [6.45, 7) is 10.5. The van der Waals surface area contributed by atoms with Crippen LogP contribution in [0.1, 0.15) is 35.0 Å². The molecule has 0 unspecified atom stereocenters. The summed E-state index contributed by atoms with van der Waals surface area (Å²) in [5.74, 6) is -0.832. The van der Waals surface area contributed by atoms with Crippen LogP contribution in [0.5, 0.6) is 0 Å². The Morgan fingerprint density at radius 1 is 1.14 bits per heavy atom. The Morgan fingerprint density at radius 3 is 2.48 bits per heavy atom. The molecule has 29 heavy (non-hydrogen) atoms. The van der Waals surface area contributed by atoms with Gasteiger partial charge in [-0.2, -0.15) is 0 Å². The summed E-state index contributed by atoms with van der Waals surface area (Å²) in [6, 6.07) is 7.68. The van der Waals surface area contributed by atoms with Crippen LogP contribution >= 0.6 is 11.8 Å². The van der Waals surface area contributed by atoms with Gasteiger partial charge < -0.3 is 9.88 Å². The van der Waals surface area contributed by atoms with Crippen LogP contribution in [0.2, 0.25) is 0 Å². The molecule has 152 valence electrons. The van der Waals surface area contributed by atoms with Crippen molar-refractivity contribution in [2.45, 2.75) is 41.2 Å². The first-order valence-electron chi connectivity index (χ1n) is 9.50. The van der Waals surface area contributed by atoms with Crippen LogP contribution in [0, 0.1) is 27.7 Å². The van der Waals surface area contributed by atoms with Gasteiger partial charge in [-0.25, -0.2) is 0 Å². The number of imide groups is 1. The summed E-state index contributed by atoms with van der Waals surface area (Å²) in [6.07, 6.45) is 1.74. The predicted molar refractivity (Wildman–Crippen MR) is 117 cm³/mol. The van der Waals surface area contributed by atoms with Gasteiger partial charge in [0.1, 0.15) is 6.54 Å². The number of rotatable bonds is 5. The lowest BCUT2D eigenvalue weighted by Gasteiger charge is -2.14. The van der Waals surface area contributed by atoms with E-state index in [-0.39, 0.29) is 6.54 Å². The summed E-state index contributed by atoms with van der Waals surface area (Å²) in [5, 5.41) is 2.35. The van der Waals surface area contributed by atoms with Gasteiger partial charge in [0.15, 0.2) is 0 Å². The number of anilines is 1. The molecular weight excluding hydrogens is 386 g/mol. The maximum absolute atomic E-state index is 12.7. The largest absolute Gasteiger partial charge is 0.349 e. The van der Waals surface area contributed by atoms with Crippen molar-refractivity contribution in [3.05, 3.63) is 57.2 Å². The first-order valence-corrected chi connectivity index (χ1v) is 10.3. The molecule has 0 radical (unpaired) electrons. The van der Waals surface area contributed by atoms with Gasteiger partial charge in [-0.1, -0.05) is 17.7 Å². The number of carbonyl (C=O) groups is 3. The van der Waals surface area contributed by atoms with Gasteiger partial charge in [0.2, 0.25) is 5.91 Å². The number of hydrogen-bond acceptors (Lipinski definition) is 4. The molecule has 0 saturated carbocycles. The lowest BCUT2D eigenvalue weighted by Crippen LogP contribution is -2.36. The van der Waals surface area contributed by atoms with Gasteiger partial charge in [0, 0.05) is 23.6 Å². The maximum atomic E-state index is 12.7. The summed E-state index contributed by atoms with van der Waals surface area (Å²) in [4.78, 5) is 38.8. The standard InChI is InChI=1S/C22H25N3O3S/c1-6-24-15(4)10-17(16(24)5)11-19-21(27)25(22(28)29-19)12-20(26)23-18-8-7-13(2)9-14(18)3/h7-11H,6,12H2,1-5H3,(H,23,26)/b19-11-. The van der Waals surface area contributed by atoms with E-state index in [0.29, 0.717) is 10.6 Å². The predicted octanol–water partition coefficient (Wildman–Crippen LogP) is 4.42. The van der Waals surface area contributed by atoms with E-state index in [0.717, 1.165) is 51.3 Å². The Bertz CT molecular complexity index is 1040. The SMILES string of the molecule is CCn1c(C)cc(/C=C2\SC(=O)N(CC(=O)Nc3ccc(C)cc3C)C2=O)c1C. The van der Waals surface area contributed by atoms with Crippen LogP contribution in [0.4, 0.5) is 10.5 Å². The molecule has 1 aromatic heterocycles. The van der Waals surface area contributed by atoms with Crippen LogP contribution in [-0.2, 0) is 16.1 Å². The van der Waals surface area contributed by atoms with E-state index in [1.165, 1.54) is 0 Å². The Kier molecular flexibility index (Phi) is 5.98. The third-order valence-corrected chi connectivity index (χ3v) is 5.95. The summed E-state index contributed by atoms with van der Waals surface area (Å²) >= 11 is 0.871. The first-order chi connectivity index (χ1) is 13.7. The molecule has 3 amide bonds. The topological polar surface area (TPSA) is 71.4 Å². The molecule has 2 aromatic rings. The molecule has 1 fully saturated rings. The number of benzene rings is 1. The second kappa shape index (κ2) is 8.29. The molecule has 0 bridgehead atoms. The van der Waals surface area contributed by atoms with E-state index in [2.05, 4.69) is 16.8 Å². The number of thioether (sulfide) groups is 1. The van der Waals surface area contributed by atoms with E-state index in [1.807, 2.05) is 52.0 Å². The number of nitrogens with one attached hydrogen (secondary N) is 1. The van der Waals surface area contributed by atoms with Gasteiger partial charge in [0.05, 0.1) is 4.91 Å². The number of carbonyl (C=O) groups excluding carboxylic acids is 3. The molecule has 0 aliphatic carbocycles. The van der Waals surface area contributed by atoms with E-state index in [1.54, 1.807) is 6.08 Å². The van der Waals surface area contributed by atoms with Gasteiger partial charge in [0.25, 0.3) is 11.1 Å². The molecule has 1 saturated heterocycles. The van der Waals surface area contributed by atoms with Gasteiger partial charge in [-0.05, 0) is 75.7 Å². The molecule has 7 heteroatoms. The molecule has 1 aliphatic rings. The third kappa shape index (κ3) is 4.29. The highest BCUT2D eigenvalue weighted by molar-refractivity contribution is 8.18. The lowest BCUT2D eigenvalue weighted by atomic mass is 10.1. The minimum Gasteiger partial charge on any atom is -0.349 e. The van der Waals surface area contributed by atoms with Crippen LogP contribution in [-0.4, -0.2) is 33.1 Å². The number of hydrogen-bond donors (Lipinski definition) is 1. The first kappa shape index (κ1) is 20.9. The van der Waals surface area contributed by atoms with Crippen molar-refractivity contribution in [3.63, 3.8) is 0 Å². The van der Waals surface area contributed by atoms with Crippen molar-refractivity contribution in [3.8, 4) is 0 Å². The fourth-order valence-corrected chi connectivity index (χ4v) is 4.35. The second-order valence-electron chi connectivity index (χ2n) is 7.21. The minimum atomic E-state index is -0.433. The number of aromatic nitrogens is 1. The Morgan fingerprint density at radius 2 is 1.86 bits per heavy atom. The minimum absolute atomic E-state index is 0.302. The van der Waals surface area contributed by atoms with Crippen LogP contribution in [0.15, 0.2) is 29.2 Å². The zero-order valence-electron chi connectivity index (χ0n) is 17.3. The quantitative estimate of drug-likeness (QED) is 0.740. The van der Waals surface area contributed by atoms with Crippen LogP contribution in [0.25, 0.3) is 6.08 Å². The van der Waals surface area contributed by atoms with Crippen molar-refractivity contribution >= 4 is 40.6 Å². The zero-order valence-corrected chi connectivity index (χ0v) is 18.1. The summed E-state index contributed by atoms with van der Waals surface area (Å²) < 4.78 is 2.15. The molecule has 1 N–H and O–H groups in total. The van der Waals surface area contributed by atoms with Crippen molar-refractivity contribution in [2.75, 3.05) is 11.9 Å². The number of nitrogens with zero attached hydrogens (tertiary/aromatic N) is 2. The molecule has 3 rings (SSSR count). The summed E-state index contributed by atoms with van der Waals surface area (Å²) in [5.41, 5.74) is 5.76. The normalized spacial score (nSPS) is 15.5. The average Bonchev–Trinajstić information content (AvgIpc) is 3.07. The Balaban J connectivity index is 1.74. The van der Waals surface area contributed by atoms with Gasteiger partial charge in [-0.3, -0.25) is 19.3 Å². The Labute approximate surface area is 175 Å². The third-order valence-electron chi connectivity index (χ3n) is 5.05. The van der Waals surface area contributed by atoms with E-state index >= 15 is 0 Å². The zero-order chi connectivity index (χ0) is 21.3. The van der Waals surface area contributed by atoms with Crippen LogP contribution in [0.3, 0.4) is 0 Å². The molecule has 2 heterocycles. The molecular formula is C22H25N3O3S. The molecule has 0 atom stereocenters. The highest BCUT2D eigenvalue weighted by atomic mass is 32.2. The van der Waals surface area contributed by atoms with E-state index < -0.39 is 17.1 Å². The van der Waals surface area contributed by atoms with E-state index in [9.17, 15) is 14.4 Å². The maximum Gasteiger partial charge on any atom is 0.294 e. The number of aryl methyl sites for hydroxylation is 3. The van der Waals surface area contributed by atoms with Crippen molar-refractivity contribution in [2.24, 2.45) is 0 Å². The summed E-state index contributed by atoms with van der Waals surface area (Å²) in [7, 11) is 0. The second-order valence-corrected chi connectivity index (χ2v) is 8.20. The Hall–Kier alpha value is -2.80. The van der Waals surface area contributed by atoms with Gasteiger partial charge in [-0.15, -0.1) is 0 Å². The van der Waals surface area contributed by atoms with Crippen molar-refractivity contribution < 1.29 is 14.4 Å². The molecule has 1 aliphatic heterocycles. The highest BCUT2D eigenvalue weighted by Crippen LogP contribution is 2.33. The van der Waals surface area contributed by atoms with Crippen molar-refractivity contribution in [1.82, 2.24) is 9.47 Å². The highest BCUT2D eigenvalue weighted by Gasteiger charge is 2.36. The van der Waals surface area contributed by atoms with Gasteiger partial charge >= 0.3 is 0 Å². The average molecular weight is 412 g/mol. The lowest BCUT2D eigenvalue weighted by molar-refractivity contribution is -0.127. The molecule has 1 aromatic carbocycles. The molecule has 0 spiro atoms. The number of amides is 3. The fraction of sp³-hybridized carbons (Fsp3) is 0.318. The fourth-order valence-electron chi connectivity index (χ4n) is 3.53. The monoisotopic (exact) mass is 411 g/mol. The molecule has 6 nitrogen and oxygen atoms in total. The smallest absolute Gasteiger partial charge is 0.294 e. The van der Waals surface area contributed by atoms with E-state index in [4.69, 9.17) is 0 Å². The van der Waals surface area contributed by atoms with Crippen molar-refractivity contribution in [1.29, 1.82) is 0 Å².